The van der Waals surface area contributed by atoms with Crippen molar-refractivity contribution in [2.75, 3.05) is 0 Å². The van der Waals surface area contributed by atoms with Crippen LogP contribution in [0.2, 0.25) is 0 Å². The summed E-state index contributed by atoms with van der Waals surface area (Å²) in [5, 5.41) is 10.4. The number of hydrogen-bond acceptors (Lipinski definition) is 2. The van der Waals surface area contributed by atoms with Crippen molar-refractivity contribution in [3.05, 3.63) is 0 Å². The number of nitrogens with one attached hydrogen (secondary N) is 1. The Kier molecular flexibility index (Phi) is 4.11. The molecule has 0 aromatic rings. The Labute approximate surface area is 67.8 Å². The summed E-state index contributed by atoms with van der Waals surface area (Å²) in [5.41, 5.74) is 0.416. The number of hydrogen-bond donors (Lipinski definition) is 2. The predicted octanol–water partition coefficient (Wildman–Crippen LogP) is 1.24. The molecule has 0 aliphatic carbocycles. The van der Waals surface area contributed by atoms with Crippen LogP contribution in [-0.4, -0.2) is 23.2 Å². The zero-order valence-electron chi connectivity index (χ0n) is 7.42. The lowest BCUT2D eigenvalue weighted by Gasteiger charge is -2.17. The molecule has 2 N–H and O–H groups in total. The van der Waals surface area contributed by atoms with E-state index in [9.17, 15) is 0 Å². The maximum atomic E-state index is 8.36. The van der Waals surface area contributed by atoms with Crippen LogP contribution in [0.25, 0.3) is 0 Å². The second-order valence-electron chi connectivity index (χ2n) is 3.57. The molecule has 1 saturated heterocycles. The third-order valence-corrected chi connectivity index (χ3v) is 1.84. The Morgan fingerprint density at radius 3 is 2.18 bits per heavy atom. The molecule has 66 valence electrons. The summed E-state index contributed by atoms with van der Waals surface area (Å²) in [4.78, 5) is 8.36. The maximum absolute atomic E-state index is 8.36. The summed E-state index contributed by atoms with van der Waals surface area (Å²) in [5.74, 6) is 0. The van der Waals surface area contributed by atoms with Crippen LogP contribution < -0.4 is 5.32 Å². The van der Waals surface area contributed by atoms with Gasteiger partial charge in [0, 0.05) is 11.6 Å². The number of rotatable bonds is 0. The van der Waals surface area contributed by atoms with Gasteiger partial charge >= 0.3 is 0 Å². The van der Waals surface area contributed by atoms with Crippen molar-refractivity contribution in [2.24, 2.45) is 0 Å². The van der Waals surface area contributed by atoms with Crippen LogP contribution in [0.1, 0.15) is 33.6 Å². The van der Waals surface area contributed by atoms with E-state index in [-0.39, 0.29) is 6.47 Å². The van der Waals surface area contributed by atoms with Crippen molar-refractivity contribution in [2.45, 2.75) is 45.2 Å². The topological polar surface area (TPSA) is 49.3 Å². The van der Waals surface area contributed by atoms with Crippen molar-refractivity contribution < 1.29 is 9.90 Å². The van der Waals surface area contributed by atoms with Crippen LogP contribution in [-0.2, 0) is 4.79 Å². The Balaban J connectivity index is 0.000000292. The highest BCUT2D eigenvalue weighted by Gasteiger charge is 2.26. The van der Waals surface area contributed by atoms with Gasteiger partial charge in [-0.3, -0.25) is 4.79 Å². The molecule has 1 heterocycles. The fourth-order valence-corrected chi connectivity index (χ4v) is 1.39. The molecule has 0 unspecified atom stereocenters. The zero-order chi connectivity index (χ0) is 8.91. The predicted molar refractivity (Wildman–Crippen MR) is 44.6 cm³/mol. The number of carboxylic acid groups (broad SMARTS) is 1. The molecule has 1 fully saturated rings. The van der Waals surface area contributed by atoms with Gasteiger partial charge < -0.3 is 10.4 Å². The fourth-order valence-electron chi connectivity index (χ4n) is 1.39. The molecule has 1 rings (SSSR count). The molecule has 0 aromatic carbocycles. The fraction of sp³-hybridized carbons (Fsp3) is 0.875. The summed E-state index contributed by atoms with van der Waals surface area (Å²) >= 11 is 0. The smallest absolute Gasteiger partial charge is 0.290 e. The minimum atomic E-state index is -0.250. The quantitative estimate of drug-likeness (QED) is 0.523. The number of carbonyl (C=O) groups is 1. The van der Waals surface area contributed by atoms with Crippen molar-refractivity contribution in [1.29, 1.82) is 0 Å². The van der Waals surface area contributed by atoms with Gasteiger partial charge in [-0.1, -0.05) is 0 Å². The van der Waals surface area contributed by atoms with Crippen molar-refractivity contribution >= 4 is 6.47 Å². The van der Waals surface area contributed by atoms with Gasteiger partial charge in [-0.2, -0.15) is 0 Å². The molecule has 0 spiro atoms. The Hall–Kier alpha value is -0.570. The minimum Gasteiger partial charge on any atom is -0.483 e. The molecule has 0 radical (unpaired) electrons. The van der Waals surface area contributed by atoms with E-state index in [1.807, 2.05) is 0 Å². The first-order chi connectivity index (χ1) is 5.02. The minimum absolute atomic E-state index is 0.250. The van der Waals surface area contributed by atoms with E-state index in [2.05, 4.69) is 26.1 Å². The molecule has 0 amide bonds. The van der Waals surface area contributed by atoms with Crippen LogP contribution >= 0.6 is 0 Å². The molecule has 1 aliphatic heterocycles. The van der Waals surface area contributed by atoms with Crippen LogP contribution in [0.3, 0.4) is 0 Å². The average molecular weight is 159 g/mol. The molecule has 11 heavy (non-hydrogen) atoms. The van der Waals surface area contributed by atoms with Gasteiger partial charge in [0.1, 0.15) is 0 Å². The normalized spacial score (nSPS) is 27.0. The van der Waals surface area contributed by atoms with Gasteiger partial charge in [-0.05, 0) is 33.6 Å². The molecular formula is C8H17NO2. The lowest BCUT2D eigenvalue weighted by atomic mass is 10.0. The van der Waals surface area contributed by atoms with Gasteiger partial charge in [0.05, 0.1) is 0 Å². The molecular weight excluding hydrogens is 142 g/mol. The van der Waals surface area contributed by atoms with E-state index >= 15 is 0 Å². The Bertz CT molecular complexity index is 123. The first kappa shape index (κ1) is 10.4. The van der Waals surface area contributed by atoms with E-state index in [0.29, 0.717) is 5.54 Å². The molecule has 3 nitrogen and oxygen atoms in total. The Morgan fingerprint density at radius 1 is 1.64 bits per heavy atom. The maximum Gasteiger partial charge on any atom is 0.290 e. The summed E-state index contributed by atoms with van der Waals surface area (Å²) in [7, 11) is 0. The summed E-state index contributed by atoms with van der Waals surface area (Å²) in [6, 6.07) is 0.741. The molecule has 1 atom stereocenters. The second kappa shape index (κ2) is 4.34. The van der Waals surface area contributed by atoms with E-state index in [1.54, 1.807) is 0 Å². The molecule has 0 bridgehead atoms. The summed E-state index contributed by atoms with van der Waals surface area (Å²) in [6.07, 6.45) is 2.67. The first-order valence-corrected chi connectivity index (χ1v) is 3.87. The van der Waals surface area contributed by atoms with Gasteiger partial charge in [0.15, 0.2) is 0 Å². The monoisotopic (exact) mass is 159 g/mol. The zero-order valence-corrected chi connectivity index (χ0v) is 7.42. The first-order valence-electron chi connectivity index (χ1n) is 3.87. The van der Waals surface area contributed by atoms with E-state index in [1.165, 1.54) is 12.8 Å². The molecule has 3 heteroatoms. The van der Waals surface area contributed by atoms with Crippen molar-refractivity contribution in [3.8, 4) is 0 Å². The van der Waals surface area contributed by atoms with Crippen LogP contribution in [0.4, 0.5) is 0 Å². The van der Waals surface area contributed by atoms with Crippen molar-refractivity contribution in [1.82, 2.24) is 5.32 Å². The molecule has 1 aliphatic rings. The SMILES string of the molecule is C[C@@H]1CCC(C)(C)N1.O=CO. The van der Waals surface area contributed by atoms with Gasteiger partial charge in [0.25, 0.3) is 6.47 Å². The molecule has 0 aromatic heterocycles. The van der Waals surface area contributed by atoms with Crippen LogP contribution in [0.5, 0.6) is 0 Å². The highest BCUT2D eigenvalue weighted by atomic mass is 16.3. The highest BCUT2D eigenvalue weighted by molar-refractivity contribution is 5.32. The van der Waals surface area contributed by atoms with Gasteiger partial charge in [-0.15, -0.1) is 0 Å². The molecule has 0 saturated carbocycles. The van der Waals surface area contributed by atoms with Gasteiger partial charge in [-0.25, -0.2) is 0 Å². The van der Waals surface area contributed by atoms with Gasteiger partial charge in [0.2, 0.25) is 0 Å². The highest BCUT2D eigenvalue weighted by Crippen LogP contribution is 2.21. The van der Waals surface area contributed by atoms with E-state index in [0.717, 1.165) is 6.04 Å². The summed E-state index contributed by atoms with van der Waals surface area (Å²) < 4.78 is 0. The summed E-state index contributed by atoms with van der Waals surface area (Å²) in [6.45, 7) is 6.52. The van der Waals surface area contributed by atoms with E-state index in [4.69, 9.17) is 9.90 Å². The van der Waals surface area contributed by atoms with Crippen molar-refractivity contribution in [3.63, 3.8) is 0 Å². The van der Waals surface area contributed by atoms with Crippen LogP contribution in [0, 0.1) is 0 Å². The van der Waals surface area contributed by atoms with Crippen LogP contribution in [0.15, 0.2) is 0 Å². The lowest BCUT2D eigenvalue weighted by molar-refractivity contribution is -0.122. The average Bonchev–Trinajstić information content (AvgIpc) is 2.11. The van der Waals surface area contributed by atoms with E-state index < -0.39 is 0 Å². The second-order valence-corrected chi connectivity index (χ2v) is 3.57. The largest absolute Gasteiger partial charge is 0.483 e. The third kappa shape index (κ3) is 4.79. The standard InChI is InChI=1S/C7H15N.CH2O2/c1-6-4-5-7(2,3)8-6;2-1-3/h6,8H,4-5H2,1-3H3;1H,(H,2,3)/t6-;/m1./s1. The Morgan fingerprint density at radius 2 is 2.09 bits per heavy atom. The lowest BCUT2D eigenvalue weighted by Crippen LogP contribution is -2.35. The third-order valence-electron chi connectivity index (χ3n) is 1.84.